The number of halogens is 1. The van der Waals surface area contributed by atoms with E-state index in [1.807, 2.05) is 0 Å². The third kappa shape index (κ3) is 3.85. The van der Waals surface area contributed by atoms with E-state index in [9.17, 15) is 19.1 Å². The van der Waals surface area contributed by atoms with Gasteiger partial charge in [0.2, 0.25) is 0 Å². The lowest BCUT2D eigenvalue weighted by molar-refractivity contribution is -0.183. The van der Waals surface area contributed by atoms with Crippen LogP contribution in [0.2, 0.25) is 0 Å². The zero-order valence-corrected chi connectivity index (χ0v) is 17.6. The number of hydrogen-bond donors (Lipinski definition) is 1. The fourth-order valence-electron chi connectivity index (χ4n) is 5.33. The van der Waals surface area contributed by atoms with Gasteiger partial charge in [-0.25, -0.2) is 14.0 Å². The summed E-state index contributed by atoms with van der Waals surface area (Å²) in [7, 11) is 1.25. The Morgan fingerprint density at radius 2 is 2.03 bits per heavy atom. The number of piperidine rings is 1. The van der Waals surface area contributed by atoms with Crippen molar-refractivity contribution in [2.24, 2.45) is 11.8 Å². The number of ether oxygens (including phenoxy) is 2. The first-order chi connectivity index (χ1) is 14.4. The van der Waals surface area contributed by atoms with Crippen LogP contribution in [0.25, 0.3) is 0 Å². The van der Waals surface area contributed by atoms with Gasteiger partial charge in [-0.15, -0.1) is 0 Å². The van der Waals surface area contributed by atoms with Crippen LogP contribution in [0.15, 0.2) is 18.2 Å². The van der Waals surface area contributed by atoms with Gasteiger partial charge < -0.3 is 14.6 Å². The molecule has 0 unspecified atom stereocenters. The second kappa shape index (κ2) is 8.27. The van der Waals surface area contributed by atoms with Crippen molar-refractivity contribution in [3.05, 3.63) is 35.1 Å². The number of nitrogens with zero attached hydrogens (tertiary/aromatic N) is 1. The average molecular weight is 419 g/mol. The van der Waals surface area contributed by atoms with E-state index in [1.54, 1.807) is 12.1 Å². The Balaban J connectivity index is 1.39. The molecule has 1 aliphatic carbocycles. The average Bonchev–Trinajstić information content (AvgIpc) is 3.59. The molecule has 1 aromatic carbocycles. The molecular formula is C23H30FNO5. The molecule has 0 spiro atoms. The Kier molecular flexibility index (Phi) is 5.86. The molecule has 3 fully saturated rings. The number of aliphatic carboxylic acids is 1. The molecule has 0 amide bonds. The van der Waals surface area contributed by atoms with Crippen molar-refractivity contribution in [2.45, 2.75) is 56.6 Å². The van der Waals surface area contributed by atoms with Crippen LogP contribution in [0.4, 0.5) is 4.39 Å². The van der Waals surface area contributed by atoms with Crippen LogP contribution in [-0.2, 0) is 14.3 Å². The van der Waals surface area contributed by atoms with Crippen LogP contribution in [0.3, 0.4) is 0 Å². The number of carboxylic acid groups (broad SMARTS) is 1. The molecule has 1 aromatic rings. The highest BCUT2D eigenvalue weighted by Gasteiger charge is 2.54. The van der Waals surface area contributed by atoms with E-state index in [4.69, 9.17) is 9.47 Å². The first-order valence-corrected chi connectivity index (χ1v) is 10.8. The number of carbonyl (C=O) groups is 2. The lowest BCUT2D eigenvalue weighted by atomic mass is 9.80. The van der Waals surface area contributed by atoms with Crippen molar-refractivity contribution < 1.29 is 28.6 Å². The van der Waals surface area contributed by atoms with Gasteiger partial charge in [0.05, 0.1) is 19.3 Å². The maximum atomic E-state index is 14.0. The summed E-state index contributed by atoms with van der Waals surface area (Å²) >= 11 is 0. The number of benzene rings is 1. The van der Waals surface area contributed by atoms with Gasteiger partial charge in [0, 0.05) is 12.6 Å². The minimum atomic E-state index is -0.973. The van der Waals surface area contributed by atoms with Crippen molar-refractivity contribution in [3.63, 3.8) is 0 Å². The highest BCUT2D eigenvalue weighted by molar-refractivity contribution is 5.89. The summed E-state index contributed by atoms with van der Waals surface area (Å²) in [6.45, 7) is 4.38. The molecule has 4 rings (SSSR count). The summed E-state index contributed by atoms with van der Waals surface area (Å²) in [4.78, 5) is 26.1. The predicted octanol–water partition coefficient (Wildman–Crippen LogP) is 3.45. The normalized spacial score (nSPS) is 32.6. The molecule has 2 aliphatic heterocycles. The van der Waals surface area contributed by atoms with E-state index < -0.39 is 23.4 Å². The van der Waals surface area contributed by atoms with Gasteiger partial charge in [-0.3, -0.25) is 4.90 Å². The van der Waals surface area contributed by atoms with E-state index in [2.05, 4.69) is 11.8 Å². The summed E-state index contributed by atoms with van der Waals surface area (Å²) in [5.41, 5.74) is -0.0309. The molecule has 2 heterocycles. The van der Waals surface area contributed by atoms with Gasteiger partial charge in [-0.2, -0.15) is 0 Å². The van der Waals surface area contributed by atoms with E-state index in [0.717, 1.165) is 44.3 Å². The smallest absolute Gasteiger partial charge is 0.340 e. The molecule has 2 saturated heterocycles. The zero-order chi connectivity index (χ0) is 21.5. The van der Waals surface area contributed by atoms with Gasteiger partial charge in [0.25, 0.3) is 0 Å². The van der Waals surface area contributed by atoms with Gasteiger partial charge in [-0.1, -0.05) is 13.0 Å². The molecule has 4 atom stereocenters. The summed E-state index contributed by atoms with van der Waals surface area (Å²) < 4.78 is 24.7. The summed E-state index contributed by atoms with van der Waals surface area (Å²) in [5.74, 6) is -1.30. The molecular weight excluding hydrogens is 389 g/mol. The van der Waals surface area contributed by atoms with Gasteiger partial charge in [-0.05, 0) is 74.1 Å². The molecule has 0 bridgehead atoms. The lowest BCUT2D eigenvalue weighted by Gasteiger charge is -2.45. The molecule has 1 N–H and O–H groups in total. The number of rotatable bonds is 5. The van der Waals surface area contributed by atoms with E-state index in [0.29, 0.717) is 18.9 Å². The van der Waals surface area contributed by atoms with Crippen LogP contribution < -0.4 is 0 Å². The molecule has 0 aromatic heterocycles. The van der Waals surface area contributed by atoms with E-state index in [1.165, 1.54) is 13.2 Å². The summed E-state index contributed by atoms with van der Waals surface area (Å²) in [6.07, 6.45) is 4.21. The minimum absolute atomic E-state index is 0.0182. The van der Waals surface area contributed by atoms with Crippen molar-refractivity contribution in [2.75, 3.05) is 26.8 Å². The summed E-state index contributed by atoms with van der Waals surface area (Å²) in [5, 5.41) is 9.70. The summed E-state index contributed by atoms with van der Waals surface area (Å²) in [6, 6.07) is 4.97. The molecule has 7 heteroatoms. The highest BCUT2D eigenvalue weighted by Crippen LogP contribution is 2.47. The third-order valence-corrected chi connectivity index (χ3v) is 7.26. The number of carboxylic acids is 1. The van der Waals surface area contributed by atoms with Crippen LogP contribution >= 0.6 is 0 Å². The molecule has 3 aliphatic rings. The SMILES string of the molecule is COC(=O)c1cc([C@H]2CCN([C@@H]3CC[C@@](C(=O)O)(C4CC4)OC3)C[C@@H]2C)ccc1F. The standard InChI is InChI=1S/C23H30FNO5/c1-14-12-25(17-7-9-23(22(27)28,30-13-17)16-4-5-16)10-8-18(14)15-3-6-20(24)19(11-15)21(26)29-2/h3,6,11,14,16-18H,4-5,7-10,12-13H2,1-2H3,(H,27,28)/t14-,17+,18-,23-/m0/s1. The van der Waals surface area contributed by atoms with Crippen LogP contribution in [0.1, 0.15) is 60.9 Å². The minimum Gasteiger partial charge on any atom is -0.479 e. The third-order valence-electron chi connectivity index (χ3n) is 7.26. The Labute approximate surface area is 176 Å². The Hall–Kier alpha value is -1.99. The first kappa shape index (κ1) is 21.2. The number of carbonyl (C=O) groups excluding carboxylic acids is 1. The second-order valence-corrected chi connectivity index (χ2v) is 9.07. The second-order valence-electron chi connectivity index (χ2n) is 9.07. The Bertz CT molecular complexity index is 816. The maximum Gasteiger partial charge on any atom is 0.340 e. The monoisotopic (exact) mass is 419 g/mol. The van der Waals surface area contributed by atoms with Crippen molar-refractivity contribution in [1.82, 2.24) is 4.90 Å². The van der Waals surface area contributed by atoms with Gasteiger partial charge in [0.15, 0.2) is 5.60 Å². The fourth-order valence-corrected chi connectivity index (χ4v) is 5.33. The van der Waals surface area contributed by atoms with Gasteiger partial charge >= 0.3 is 11.9 Å². The van der Waals surface area contributed by atoms with Gasteiger partial charge in [0.1, 0.15) is 5.82 Å². The number of methoxy groups -OCH3 is 1. The number of hydrogen-bond acceptors (Lipinski definition) is 5. The lowest BCUT2D eigenvalue weighted by Crippen LogP contribution is -2.55. The molecule has 164 valence electrons. The zero-order valence-electron chi connectivity index (χ0n) is 17.6. The molecule has 30 heavy (non-hydrogen) atoms. The highest BCUT2D eigenvalue weighted by atomic mass is 19.1. The van der Waals surface area contributed by atoms with E-state index >= 15 is 0 Å². The quantitative estimate of drug-likeness (QED) is 0.737. The first-order valence-electron chi connectivity index (χ1n) is 10.8. The number of esters is 1. The van der Waals surface area contributed by atoms with Crippen molar-refractivity contribution in [3.8, 4) is 0 Å². The Morgan fingerprint density at radius 3 is 2.60 bits per heavy atom. The predicted molar refractivity (Wildman–Crippen MR) is 108 cm³/mol. The molecule has 1 saturated carbocycles. The van der Waals surface area contributed by atoms with Crippen LogP contribution in [0, 0.1) is 17.7 Å². The topological polar surface area (TPSA) is 76.1 Å². The molecule has 6 nitrogen and oxygen atoms in total. The van der Waals surface area contributed by atoms with Crippen molar-refractivity contribution in [1.29, 1.82) is 0 Å². The van der Waals surface area contributed by atoms with E-state index in [-0.39, 0.29) is 23.4 Å². The van der Waals surface area contributed by atoms with Crippen molar-refractivity contribution >= 4 is 11.9 Å². The fraction of sp³-hybridized carbons (Fsp3) is 0.652. The molecule has 0 radical (unpaired) electrons. The van der Waals surface area contributed by atoms with Crippen LogP contribution in [0.5, 0.6) is 0 Å². The van der Waals surface area contributed by atoms with Crippen LogP contribution in [-0.4, -0.2) is 60.4 Å². The largest absolute Gasteiger partial charge is 0.479 e. The Morgan fingerprint density at radius 1 is 1.27 bits per heavy atom. The maximum absolute atomic E-state index is 14.0. The number of likely N-dealkylation sites (tertiary alicyclic amines) is 1.